The van der Waals surface area contributed by atoms with E-state index in [1.54, 1.807) is 6.08 Å². The molecule has 0 aliphatic heterocycles. The summed E-state index contributed by atoms with van der Waals surface area (Å²) in [5.74, 6) is 1.05. The topological polar surface area (TPSA) is 0 Å². The predicted octanol–water partition coefficient (Wildman–Crippen LogP) is 15.8. The average Bonchev–Trinajstić information content (AvgIpc) is 3.59. The molecule has 4 aliphatic rings. The van der Waals surface area contributed by atoms with Crippen LogP contribution in [0.25, 0.3) is 16.7 Å². The highest BCUT2D eigenvalue weighted by molar-refractivity contribution is 5.93. The van der Waals surface area contributed by atoms with Crippen molar-refractivity contribution in [3.05, 3.63) is 255 Å². The lowest BCUT2D eigenvalue weighted by atomic mass is 9.57. The van der Waals surface area contributed by atoms with E-state index in [1.165, 1.54) is 89.1 Å². The fraction of sp³-hybridized carbons (Fsp3) is 0.233. The number of rotatable bonds is 11. The molecule has 5 aromatic carbocycles. The van der Waals surface area contributed by atoms with Gasteiger partial charge in [-0.25, -0.2) is 0 Å². The SMILES string of the molecule is C=C/C=C/C=C\C=C/CC(C)/C(C)=C(\CC)C1=C(c2ccc3c(c2)C2(c4ccccc4-3)c3ccccc3C(C(C)C3=CCCC=C3)c3ccccc32)c2ccccc2CC1. The summed E-state index contributed by atoms with van der Waals surface area (Å²) in [4.78, 5) is 0. The molecule has 0 N–H and O–H groups in total. The molecule has 5 aromatic rings. The summed E-state index contributed by atoms with van der Waals surface area (Å²) in [5.41, 5.74) is 22.5. The van der Waals surface area contributed by atoms with Crippen LogP contribution in [0.5, 0.6) is 0 Å². The molecule has 60 heavy (non-hydrogen) atoms. The van der Waals surface area contributed by atoms with E-state index < -0.39 is 5.41 Å². The summed E-state index contributed by atoms with van der Waals surface area (Å²) in [5, 5.41) is 0. The molecule has 0 saturated carbocycles. The van der Waals surface area contributed by atoms with Gasteiger partial charge < -0.3 is 0 Å². The standard InChI is InChI=1S/C60H58/c1-6-8-9-10-11-12-14-25-41(3)42(4)47(7-2)51-39-36-45-28-17-18-29-48(45)59(51)46-37-38-50-49-30-19-22-33-54(49)60(57(50)40-46)55-34-23-20-31-52(55)58(53-32-21-24-35-56(53)60)43(5)44-26-15-13-16-27-44/h6,8-12,14-15,17-24,26-35,37-38,40-41,43,58H,1,7,13,16,25,36,39H2,2-5H3/b9-8+,11-10-,14-12-,47-42+. The molecule has 2 atom stereocenters. The number of allylic oxidation sites excluding steroid dienone is 14. The number of hydrogen-bond donors (Lipinski definition) is 0. The van der Waals surface area contributed by atoms with E-state index in [0.717, 1.165) is 38.5 Å². The Kier molecular flexibility index (Phi) is 11.1. The van der Waals surface area contributed by atoms with Crippen LogP contribution in [0.2, 0.25) is 0 Å². The summed E-state index contributed by atoms with van der Waals surface area (Å²) < 4.78 is 0. The van der Waals surface area contributed by atoms with Crippen molar-refractivity contribution in [1.29, 1.82) is 0 Å². The van der Waals surface area contributed by atoms with Gasteiger partial charge in [0, 0.05) is 5.92 Å². The third kappa shape index (κ3) is 6.62. The van der Waals surface area contributed by atoms with Crippen LogP contribution >= 0.6 is 0 Å². The highest BCUT2D eigenvalue weighted by Crippen LogP contribution is 2.62. The molecule has 0 amide bonds. The summed E-state index contributed by atoms with van der Waals surface area (Å²) in [6.45, 7) is 13.4. The van der Waals surface area contributed by atoms with Crippen LogP contribution < -0.4 is 0 Å². The van der Waals surface area contributed by atoms with Gasteiger partial charge in [0.25, 0.3) is 0 Å². The highest BCUT2D eigenvalue weighted by Gasteiger charge is 2.52. The molecule has 0 aromatic heterocycles. The molecule has 298 valence electrons. The Bertz CT molecular complexity index is 2630. The van der Waals surface area contributed by atoms with Crippen molar-refractivity contribution in [3.8, 4) is 11.1 Å². The molecular weight excluding hydrogens is 721 g/mol. The second kappa shape index (κ2) is 16.9. The van der Waals surface area contributed by atoms with E-state index in [9.17, 15) is 0 Å². The molecule has 4 aliphatic carbocycles. The molecule has 1 spiro atoms. The van der Waals surface area contributed by atoms with E-state index in [4.69, 9.17) is 0 Å². The minimum atomic E-state index is -0.437. The van der Waals surface area contributed by atoms with Crippen LogP contribution in [-0.4, -0.2) is 0 Å². The second-order valence-electron chi connectivity index (χ2n) is 17.3. The van der Waals surface area contributed by atoms with Gasteiger partial charge in [-0.15, -0.1) is 0 Å². The van der Waals surface area contributed by atoms with Crippen LogP contribution in [0.3, 0.4) is 0 Å². The van der Waals surface area contributed by atoms with E-state index in [-0.39, 0.29) is 5.92 Å². The van der Waals surface area contributed by atoms with Gasteiger partial charge in [-0.2, -0.15) is 0 Å². The molecule has 2 unspecified atom stereocenters. The van der Waals surface area contributed by atoms with Gasteiger partial charge in [-0.3, -0.25) is 0 Å². The lowest BCUT2D eigenvalue weighted by Crippen LogP contribution is -2.37. The van der Waals surface area contributed by atoms with Crippen molar-refractivity contribution >= 4 is 5.57 Å². The minimum Gasteiger partial charge on any atom is -0.0991 e. The molecule has 9 rings (SSSR count). The van der Waals surface area contributed by atoms with Crippen LogP contribution in [0.1, 0.15) is 116 Å². The molecule has 0 radical (unpaired) electrons. The Labute approximate surface area is 359 Å². The quantitative estimate of drug-likeness (QED) is 0.115. The maximum atomic E-state index is 3.77. The van der Waals surface area contributed by atoms with Gasteiger partial charge in [-0.05, 0) is 147 Å². The smallest absolute Gasteiger partial charge is 0.0719 e. The van der Waals surface area contributed by atoms with Crippen molar-refractivity contribution in [2.45, 2.75) is 77.6 Å². The van der Waals surface area contributed by atoms with Gasteiger partial charge in [0.15, 0.2) is 0 Å². The Morgan fingerprint density at radius 3 is 2.07 bits per heavy atom. The molecule has 0 saturated heterocycles. The first kappa shape index (κ1) is 39.5. The Morgan fingerprint density at radius 2 is 1.35 bits per heavy atom. The average molecular weight is 779 g/mol. The lowest BCUT2D eigenvalue weighted by Gasteiger charge is -2.45. The third-order valence-electron chi connectivity index (χ3n) is 14.2. The monoisotopic (exact) mass is 778 g/mol. The number of fused-ring (bicyclic) bond motifs is 10. The maximum Gasteiger partial charge on any atom is 0.0719 e. The fourth-order valence-electron chi connectivity index (χ4n) is 11.2. The molecule has 0 bridgehead atoms. The molecule has 0 fully saturated rings. The zero-order valence-corrected chi connectivity index (χ0v) is 35.9. The summed E-state index contributed by atoms with van der Waals surface area (Å²) in [7, 11) is 0. The number of aryl methyl sites for hydroxylation is 1. The third-order valence-corrected chi connectivity index (χ3v) is 14.2. The van der Waals surface area contributed by atoms with Crippen LogP contribution in [0.4, 0.5) is 0 Å². The van der Waals surface area contributed by atoms with Crippen LogP contribution in [0.15, 0.2) is 205 Å². The van der Waals surface area contributed by atoms with Crippen molar-refractivity contribution < 1.29 is 0 Å². The predicted molar refractivity (Wildman–Crippen MR) is 256 cm³/mol. The van der Waals surface area contributed by atoms with Gasteiger partial charge in [0.2, 0.25) is 0 Å². The van der Waals surface area contributed by atoms with Crippen molar-refractivity contribution in [2.24, 2.45) is 11.8 Å². The largest absolute Gasteiger partial charge is 0.0991 e. The van der Waals surface area contributed by atoms with Crippen molar-refractivity contribution in [2.75, 3.05) is 0 Å². The Morgan fingerprint density at radius 1 is 0.700 bits per heavy atom. The second-order valence-corrected chi connectivity index (χ2v) is 17.3. The van der Waals surface area contributed by atoms with E-state index >= 15 is 0 Å². The number of hydrogen-bond acceptors (Lipinski definition) is 0. The highest BCUT2D eigenvalue weighted by atomic mass is 14.5. The van der Waals surface area contributed by atoms with Crippen LogP contribution in [0, 0.1) is 11.8 Å². The molecule has 0 nitrogen and oxygen atoms in total. The van der Waals surface area contributed by atoms with E-state index in [2.05, 4.69) is 192 Å². The minimum absolute atomic E-state index is 0.262. The van der Waals surface area contributed by atoms with Crippen molar-refractivity contribution in [1.82, 2.24) is 0 Å². The van der Waals surface area contributed by atoms with Gasteiger partial charge >= 0.3 is 0 Å². The zero-order chi connectivity index (χ0) is 41.2. The zero-order valence-electron chi connectivity index (χ0n) is 35.9. The summed E-state index contributed by atoms with van der Waals surface area (Å²) >= 11 is 0. The molecule has 0 heterocycles. The maximum absolute atomic E-state index is 3.77. The molecular formula is C60H58. The first-order valence-corrected chi connectivity index (χ1v) is 22.4. The Balaban J connectivity index is 1.25. The lowest BCUT2D eigenvalue weighted by molar-refractivity contribution is 0.553. The van der Waals surface area contributed by atoms with Crippen LogP contribution in [-0.2, 0) is 11.8 Å². The summed E-state index contributed by atoms with van der Waals surface area (Å²) in [6, 6.07) is 44.9. The fourth-order valence-corrected chi connectivity index (χ4v) is 11.2. The summed E-state index contributed by atoms with van der Waals surface area (Å²) in [6.07, 6.45) is 28.1. The Hall–Kier alpha value is -5.98. The molecule has 0 heteroatoms. The van der Waals surface area contributed by atoms with E-state index in [0.29, 0.717) is 11.8 Å². The first-order chi connectivity index (χ1) is 29.5. The van der Waals surface area contributed by atoms with Crippen molar-refractivity contribution in [3.63, 3.8) is 0 Å². The van der Waals surface area contributed by atoms with Gasteiger partial charge in [0.1, 0.15) is 0 Å². The van der Waals surface area contributed by atoms with Gasteiger partial charge in [0.05, 0.1) is 5.41 Å². The normalized spacial score (nSPS) is 20.4. The first-order valence-electron chi connectivity index (χ1n) is 22.4. The number of benzene rings is 5. The van der Waals surface area contributed by atoms with Gasteiger partial charge in [-0.1, -0.05) is 203 Å². The van der Waals surface area contributed by atoms with E-state index in [1.807, 2.05) is 12.2 Å².